The smallest absolute Gasteiger partial charge is 0.872 e. The molecule has 0 aliphatic heterocycles. The van der Waals surface area contributed by atoms with Gasteiger partial charge in [-0.25, -0.2) is 0 Å². The molecule has 0 bridgehead atoms. The van der Waals surface area contributed by atoms with Gasteiger partial charge in [0.25, 0.3) is 10.1 Å². The molecule has 0 aromatic heterocycles. The van der Waals surface area contributed by atoms with Gasteiger partial charge in [-0.3, -0.25) is 4.55 Å². The molecule has 0 heterocycles. The Morgan fingerprint density at radius 3 is 1.97 bits per heavy atom. The van der Waals surface area contributed by atoms with Gasteiger partial charge < -0.3 is 9.84 Å². The predicted octanol–water partition coefficient (Wildman–Crippen LogP) is 3.66. The second-order valence-electron chi connectivity index (χ2n) is 8.08. The van der Waals surface area contributed by atoms with E-state index in [4.69, 9.17) is 4.74 Å². The van der Waals surface area contributed by atoms with E-state index in [1.807, 2.05) is 12.1 Å². The van der Waals surface area contributed by atoms with E-state index in [1.165, 1.54) is 57.8 Å². The third-order valence-electron chi connectivity index (χ3n) is 5.44. The summed E-state index contributed by atoms with van der Waals surface area (Å²) < 4.78 is 38.4. The molecule has 5 nitrogen and oxygen atoms in total. The van der Waals surface area contributed by atoms with Gasteiger partial charge in [-0.15, -0.1) is 5.75 Å². The van der Waals surface area contributed by atoms with Gasteiger partial charge in [-0.2, -0.15) is 8.42 Å². The van der Waals surface area contributed by atoms with Crippen molar-refractivity contribution in [2.24, 2.45) is 0 Å². The number of para-hydroxylation sites is 1. The molecule has 7 heteroatoms. The van der Waals surface area contributed by atoms with Crippen molar-refractivity contribution in [2.45, 2.75) is 88.9 Å². The average molecular weight is 487 g/mol. The minimum absolute atomic E-state index is 0. The molecule has 0 aliphatic carbocycles. The van der Waals surface area contributed by atoms with Crippen LogP contribution in [-0.2, 0) is 16.5 Å². The molecule has 0 aliphatic rings. The van der Waals surface area contributed by atoms with Crippen molar-refractivity contribution < 1.29 is 74.2 Å². The van der Waals surface area contributed by atoms with E-state index in [-0.39, 0.29) is 62.9 Å². The van der Waals surface area contributed by atoms with Gasteiger partial charge in [0.1, 0.15) is 16.4 Å². The molecule has 0 radical (unpaired) electrons. The molecule has 0 saturated heterocycles. The van der Waals surface area contributed by atoms with E-state index in [1.54, 1.807) is 12.1 Å². The Balaban J connectivity index is 0.00000512. The quantitative estimate of drug-likeness (QED) is 0.236. The number of hydrogen-bond acceptors (Lipinski definition) is 4. The molecule has 32 heavy (non-hydrogen) atoms. The summed E-state index contributed by atoms with van der Waals surface area (Å²) in [7, 11) is -4.49. The molecule has 0 saturated carbocycles. The Labute approximate surface area is 236 Å². The molecule has 2 rings (SSSR count). The topological polar surface area (TPSA) is 86.7 Å². The van der Waals surface area contributed by atoms with Crippen molar-refractivity contribution in [2.75, 3.05) is 0 Å². The Morgan fingerprint density at radius 1 is 0.812 bits per heavy atom. The largest absolute Gasteiger partial charge is 1.00 e. The number of aryl methyl sites for hydroxylation is 1. The van der Waals surface area contributed by atoms with Crippen LogP contribution in [0.1, 0.15) is 83.1 Å². The van der Waals surface area contributed by atoms with E-state index in [0.717, 1.165) is 43.0 Å². The van der Waals surface area contributed by atoms with Crippen LogP contribution in [-0.4, -0.2) is 13.0 Å². The SMILES string of the molecule is CCCCCCCCCCCCCc1ccccc1Oc1cc([O-])ccc1S(=O)(=O)O.[K+]. The first kappa shape index (κ1) is 29.6. The van der Waals surface area contributed by atoms with Gasteiger partial charge >= 0.3 is 51.4 Å². The zero-order valence-corrected chi connectivity index (χ0v) is 23.5. The number of unbranched alkanes of at least 4 members (excludes halogenated alkanes) is 10. The third-order valence-corrected chi connectivity index (χ3v) is 6.33. The van der Waals surface area contributed by atoms with Gasteiger partial charge in [0.05, 0.1) is 0 Å². The van der Waals surface area contributed by atoms with Crippen molar-refractivity contribution in [1.82, 2.24) is 0 Å². The molecule has 0 atom stereocenters. The van der Waals surface area contributed by atoms with Crippen LogP contribution < -0.4 is 61.2 Å². The van der Waals surface area contributed by atoms with Crippen LogP contribution in [0.15, 0.2) is 47.4 Å². The summed E-state index contributed by atoms with van der Waals surface area (Å²) in [5.74, 6) is -0.0308. The fraction of sp³-hybridized carbons (Fsp3) is 0.520. The van der Waals surface area contributed by atoms with E-state index in [0.29, 0.717) is 5.75 Å². The second kappa shape index (κ2) is 16.3. The van der Waals surface area contributed by atoms with Crippen LogP contribution in [0, 0.1) is 0 Å². The van der Waals surface area contributed by atoms with Crippen LogP contribution in [0.5, 0.6) is 17.2 Å². The maximum Gasteiger partial charge on any atom is 1.00 e. The normalized spacial score (nSPS) is 11.2. The molecule has 172 valence electrons. The third kappa shape index (κ3) is 11.1. The molecule has 0 spiro atoms. The van der Waals surface area contributed by atoms with Crippen molar-refractivity contribution in [3.8, 4) is 17.2 Å². The summed E-state index contributed by atoms with van der Waals surface area (Å²) in [6.45, 7) is 2.24. The maximum absolute atomic E-state index is 11.7. The van der Waals surface area contributed by atoms with Gasteiger partial charge in [0.15, 0.2) is 0 Å². The molecule has 2 aromatic rings. The predicted molar refractivity (Wildman–Crippen MR) is 122 cm³/mol. The van der Waals surface area contributed by atoms with Crippen molar-refractivity contribution >= 4 is 10.1 Å². The summed E-state index contributed by atoms with van der Waals surface area (Å²) in [4.78, 5) is -0.406. The van der Waals surface area contributed by atoms with Gasteiger partial charge in [-0.05, 0) is 36.6 Å². The number of rotatable bonds is 15. The number of benzene rings is 2. The van der Waals surface area contributed by atoms with E-state index >= 15 is 0 Å². The molecule has 0 unspecified atom stereocenters. The van der Waals surface area contributed by atoms with Crippen LogP contribution in [0.3, 0.4) is 0 Å². The summed E-state index contributed by atoms with van der Waals surface area (Å²) in [5, 5.41) is 11.7. The minimum atomic E-state index is -4.49. The Bertz CT molecular complexity index is 899. The maximum atomic E-state index is 11.7. The molecular formula is C25H35KO5S. The zero-order valence-electron chi connectivity index (χ0n) is 19.5. The Hall–Kier alpha value is -0.414. The summed E-state index contributed by atoms with van der Waals surface area (Å²) in [5.41, 5.74) is 0.955. The average Bonchev–Trinajstić information content (AvgIpc) is 2.72. The van der Waals surface area contributed by atoms with Gasteiger partial charge in [0.2, 0.25) is 0 Å². The number of ether oxygens (including phenoxy) is 1. The monoisotopic (exact) mass is 486 g/mol. The summed E-state index contributed by atoms with van der Waals surface area (Å²) in [6.07, 6.45) is 14.8. The van der Waals surface area contributed by atoms with Gasteiger partial charge in [0, 0.05) is 0 Å². The van der Waals surface area contributed by atoms with E-state index in [9.17, 15) is 18.1 Å². The van der Waals surface area contributed by atoms with Crippen molar-refractivity contribution in [1.29, 1.82) is 0 Å². The van der Waals surface area contributed by atoms with E-state index < -0.39 is 15.0 Å². The van der Waals surface area contributed by atoms with Crippen molar-refractivity contribution in [3.05, 3.63) is 48.0 Å². The molecule has 1 N–H and O–H groups in total. The zero-order chi connectivity index (χ0) is 22.5. The Kier molecular flexibility index (Phi) is 15.0. The first-order chi connectivity index (χ1) is 14.9. The van der Waals surface area contributed by atoms with Crippen LogP contribution in [0.2, 0.25) is 0 Å². The first-order valence-electron chi connectivity index (χ1n) is 11.5. The van der Waals surface area contributed by atoms with Crippen LogP contribution in [0.4, 0.5) is 0 Å². The fourth-order valence-electron chi connectivity index (χ4n) is 3.69. The standard InChI is InChI=1S/C25H36O5S.K/c1-2-3-4-5-6-7-8-9-10-11-12-15-21-16-13-14-17-23(21)30-24-20-22(26)18-19-25(24)31(27,28)29;/h13-14,16-20,26H,2-12,15H2,1H3,(H,27,28,29);/q;+1/p-1. The second-order valence-corrected chi connectivity index (χ2v) is 9.47. The van der Waals surface area contributed by atoms with E-state index in [2.05, 4.69) is 6.92 Å². The first-order valence-corrected chi connectivity index (χ1v) is 12.9. The molecule has 2 aromatic carbocycles. The van der Waals surface area contributed by atoms with Crippen LogP contribution in [0.25, 0.3) is 0 Å². The molecular weight excluding hydrogens is 451 g/mol. The Morgan fingerprint density at radius 2 is 1.38 bits per heavy atom. The molecule has 0 fully saturated rings. The van der Waals surface area contributed by atoms with Crippen molar-refractivity contribution in [3.63, 3.8) is 0 Å². The molecule has 0 amide bonds. The van der Waals surface area contributed by atoms with Crippen LogP contribution >= 0.6 is 0 Å². The number of hydrogen-bond donors (Lipinski definition) is 1. The summed E-state index contributed by atoms with van der Waals surface area (Å²) >= 11 is 0. The minimum Gasteiger partial charge on any atom is -0.872 e. The fourth-order valence-corrected chi connectivity index (χ4v) is 4.28. The van der Waals surface area contributed by atoms with Gasteiger partial charge in [-0.1, -0.05) is 95.4 Å². The summed E-state index contributed by atoms with van der Waals surface area (Å²) in [6, 6.07) is 10.6.